The number of fused-ring (bicyclic) bond motifs is 1. The lowest BCUT2D eigenvalue weighted by atomic mass is 10.2. The molecule has 0 N–H and O–H groups in total. The normalized spacial score (nSPS) is 17.7. The average molecular weight is 442 g/mol. The lowest BCUT2D eigenvalue weighted by Crippen LogP contribution is -2.31. The van der Waals surface area contributed by atoms with Gasteiger partial charge < -0.3 is 4.57 Å². The summed E-state index contributed by atoms with van der Waals surface area (Å²) in [4.78, 5) is 4.80. The molecule has 2 aromatic carbocycles. The molecule has 0 radical (unpaired) electrons. The molecule has 1 fully saturated rings. The molecule has 1 aliphatic rings. The van der Waals surface area contributed by atoms with Crippen LogP contribution in [0.4, 0.5) is 4.39 Å². The van der Waals surface area contributed by atoms with Crippen LogP contribution in [0, 0.1) is 5.82 Å². The van der Waals surface area contributed by atoms with Gasteiger partial charge in [-0.1, -0.05) is 36.4 Å². The van der Waals surface area contributed by atoms with E-state index in [1.807, 2.05) is 28.8 Å². The van der Waals surface area contributed by atoms with Gasteiger partial charge in [0.15, 0.2) is 0 Å². The molecule has 0 spiro atoms. The van der Waals surface area contributed by atoms with E-state index >= 15 is 0 Å². The lowest BCUT2D eigenvalue weighted by Gasteiger charge is -2.24. The molecule has 0 saturated carbocycles. The Morgan fingerprint density at radius 2 is 1.87 bits per heavy atom. The van der Waals surface area contributed by atoms with Crippen LogP contribution < -0.4 is 0 Å². The van der Waals surface area contributed by atoms with E-state index in [9.17, 15) is 12.8 Å². The molecule has 0 bridgehead atoms. The Kier molecular flexibility index (Phi) is 4.92. The summed E-state index contributed by atoms with van der Waals surface area (Å²) in [5.41, 5.74) is 2.20. The predicted molar refractivity (Wildman–Crippen MR) is 115 cm³/mol. The largest absolute Gasteiger partial charge is 0.322 e. The average Bonchev–Trinajstić information content (AvgIpc) is 3.50. The number of hydrogen-bond donors (Lipinski definition) is 0. The van der Waals surface area contributed by atoms with Crippen molar-refractivity contribution in [1.29, 1.82) is 0 Å². The summed E-state index contributed by atoms with van der Waals surface area (Å²) in [6, 6.07) is 17.3. The fraction of sp³-hybridized carbons (Fsp3) is 0.227. The van der Waals surface area contributed by atoms with E-state index in [0.29, 0.717) is 35.1 Å². The molecule has 1 aliphatic heterocycles. The van der Waals surface area contributed by atoms with Crippen LogP contribution in [-0.2, 0) is 16.6 Å². The van der Waals surface area contributed by atoms with Crippen molar-refractivity contribution in [3.8, 4) is 0 Å². The lowest BCUT2D eigenvalue weighted by molar-refractivity contribution is 0.376. The van der Waals surface area contributed by atoms with Crippen molar-refractivity contribution < 1.29 is 12.8 Å². The molecule has 2 aromatic heterocycles. The molecular formula is C22H20FN3O2S2. The monoisotopic (exact) mass is 441 g/mol. The summed E-state index contributed by atoms with van der Waals surface area (Å²) in [7, 11) is -3.60. The van der Waals surface area contributed by atoms with Crippen LogP contribution in [0.15, 0.2) is 70.3 Å². The number of para-hydroxylation sites is 2. The Morgan fingerprint density at radius 3 is 2.67 bits per heavy atom. The maximum atomic E-state index is 14.4. The first-order valence-electron chi connectivity index (χ1n) is 9.79. The van der Waals surface area contributed by atoms with Crippen LogP contribution in [0.1, 0.15) is 30.3 Å². The SMILES string of the molecule is O=S(=O)(c1cccs1)N1CCCC1c1nc2ccccc2n1Cc1ccccc1F. The Hall–Kier alpha value is -2.55. The van der Waals surface area contributed by atoms with Crippen LogP contribution in [-0.4, -0.2) is 28.8 Å². The number of halogens is 1. The summed E-state index contributed by atoms with van der Waals surface area (Å²) < 4.78 is 44.8. The number of rotatable bonds is 5. The molecule has 0 amide bonds. The molecule has 1 saturated heterocycles. The zero-order chi connectivity index (χ0) is 20.7. The van der Waals surface area contributed by atoms with Crippen molar-refractivity contribution in [1.82, 2.24) is 13.9 Å². The second-order valence-electron chi connectivity index (χ2n) is 7.34. The Morgan fingerprint density at radius 1 is 1.07 bits per heavy atom. The van der Waals surface area contributed by atoms with Crippen molar-refractivity contribution in [3.05, 3.63) is 83.2 Å². The van der Waals surface area contributed by atoms with E-state index in [1.54, 1.807) is 40.0 Å². The molecular weight excluding hydrogens is 421 g/mol. The molecule has 154 valence electrons. The number of thiophene rings is 1. The van der Waals surface area contributed by atoms with Crippen LogP contribution in [0.3, 0.4) is 0 Å². The summed E-state index contributed by atoms with van der Waals surface area (Å²) in [5.74, 6) is 0.382. The van der Waals surface area contributed by atoms with Gasteiger partial charge in [0, 0.05) is 12.1 Å². The van der Waals surface area contributed by atoms with Gasteiger partial charge in [-0.25, -0.2) is 17.8 Å². The molecule has 4 aromatic rings. The van der Waals surface area contributed by atoms with Crippen molar-refractivity contribution in [2.24, 2.45) is 0 Å². The number of sulfonamides is 1. The highest BCUT2D eigenvalue weighted by Gasteiger charge is 2.39. The van der Waals surface area contributed by atoms with Crippen LogP contribution in [0.5, 0.6) is 0 Å². The highest BCUT2D eigenvalue weighted by Crippen LogP contribution is 2.38. The number of nitrogens with zero attached hydrogens (tertiary/aromatic N) is 3. The number of benzene rings is 2. The van der Waals surface area contributed by atoms with Gasteiger partial charge in [0.1, 0.15) is 15.9 Å². The summed E-state index contributed by atoms with van der Waals surface area (Å²) in [5, 5.41) is 1.77. The van der Waals surface area contributed by atoms with E-state index in [4.69, 9.17) is 4.98 Å². The smallest absolute Gasteiger partial charge is 0.253 e. The third-order valence-corrected chi connectivity index (χ3v) is 8.81. The third-order valence-electron chi connectivity index (χ3n) is 5.53. The zero-order valence-corrected chi connectivity index (χ0v) is 17.7. The minimum absolute atomic E-state index is 0.282. The quantitative estimate of drug-likeness (QED) is 0.447. The van der Waals surface area contributed by atoms with Crippen molar-refractivity contribution in [2.75, 3.05) is 6.54 Å². The van der Waals surface area contributed by atoms with Gasteiger partial charge in [0.25, 0.3) is 10.0 Å². The van der Waals surface area contributed by atoms with Crippen LogP contribution >= 0.6 is 11.3 Å². The van der Waals surface area contributed by atoms with Crippen LogP contribution in [0.2, 0.25) is 0 Å². The summed E-state index contributed by atoms with van der Waals surface area (Å²) in [6.45, 7) is 0.750. The molecule has 5 rings (SSSR count). The van der Waals surface area contributed by atoms with Gasteiger partial charge in [-0.15, -0.1) is 11.3 Å². The second kappa shape index (κ2) is 7.61. The molecule has 30 heavy (non-hydrogen) atoms. The van der Waals surface area contributed by atoms with Gasteiger partial charge in [-0.3, -0.25) is 0 Å². The van der Waals surface area contributed by atoms with E-state index in [2.05, 4.69) is 0 Å². The minimum Gasteiger partial charge on any atom is -0.322 e. The highest BCUT2D eigenvalue weighted by atomic mass is 32.2. The van der Waals surface area contributed by atoms with Gasteiger partial charge >= 0.3 is 0 Å². The van der Waals surface area contributed by atoms with Crippen molar-refractivity contribution in [3.63, 3.8) is 0 Å². The van der Waals surface area contributed by atoms with E-state index < -0.39 is 10.0 Å². The van der Waals surface area contributed by atoms with Gasteiger partial charge in [0.05, 0.1) is 23.6 Å². The molecule has 1 atom stereocenters. The number of hydrogen-bond acceptors (Lipinski definition) is 4. The molecule has 1 unspecified atom stereocenters. The van der Waals surface area contributed by atoms with E-state index in [0.717, 1.165) is 17.5 Å². The highest BCUT2D eigenvalue weighted by molar-refractivity contribution is 7.91. The Balaban J connectivity index is 1.63. The van der Waals surface area contributed by atoms with E-state index in [-0.39, 0.29) is 11.9 Å². The molecule has 8 heteroatoms. The standard InChI is InChI=1S/C22H20FN3O2S2/c23-17-8-2-1-7-16(17)15-25-19-10-4-3-9-18(19)24-22(25)20-11-5-13-26(20)30(27,28)21-12-6-14-29-21/h1-4,6-10,12,14,20H,5,11,13,15H2. The first-order valence-corrected chi connectivity index (χ1v) is 12.1. The molecule has 0 aliphatic carbocycles. The topological polar surface area (TPSA) is 55.2 Å². The van der Waals surface area contributed by atoms with Gasteiger partial charge in [0.2, 0.25) is 0 Å². The van der Waals surface area contributed by atoms with E-state index in [1.165, 1.54) is 17.4 Å². The fourth-order valence-corrected chi connectivity index (χ4v) is 6.90. The minimum atomic E-state index is -3.60. The van der Waals surface area contributed by atoms with Gasteiger partial charge in [-0.2, -0.15) is 4.31 Å². The first kappa shape index (κ1) is 19.4. The van der Waals surface area contributed by atoms with Crippen molar-refractivity contribution in [2.45, 2.75) is 29.6 Å². The summed E-state index contributed by atoms with van der Waals surface area (Å²) in [6.07, 6.45) is 1.45. The predicted octanol–water partition coefficient (Wildman–Crippen LogP) is 4.81. The second-order valence-corrected chi connectivity index (χ2v) is 10.4. The van der Waals surface area contributed by atoms with Crippen LogP contribution in [0.25, 0.3) is 11.0 Å². The maximum absolute atomic E-state index is 14.4. The molecule has 5 nitrogen and oxygen atoms in total. The Bertz CT molecular complexity index is 1300. The van der Waals surface area contributed by atoms with Gasteiger partial charge in [-0.05, 0) is 42.5 Å². The maximum Gasteiger partial charge on any atom is 0.253 e. The summed E-state index contributed by atoms with van der Waals surface area (Å²) >= 11 is 1.22. The first-order chi connectivity index (χ1) is 14.6. The third kappa shape index (κ3) is 3.25. The number of imidazole rings is 1. The molecule has 3 heterocycles. The Labute approximate surface area is 178 Å². The van der Waals surface area contributed by atoms with Crippen molar-refractivity contribution >= 4 is 32.4 Å². The fourth-order valence-electron chi connectivity index (χ4n) is 4.12. The zero-order valence-electron chi connectivity index (χ0n) is 16.1. The number of aromatic nitrogens is 2.